The van der Waals surface area contributed by atoms with Crippen LogP contribution < -0.4 is 0 Å². The first-order valence-electron chi connectivity index (χ1n) is 12.6. The van der Waals surface area contributed by atoms with Crippen molar-refractivity contribution in [2.24, 2.45) is 0 Å². The maximum Gasteiger partial charge on any atom is 0.0512 e. The van der Waals surface area contributed by atoms with Gasteiger partial charge in [0, 0.05) is 12.7 Å². The van der Waals surface area contributed by atoms with Gasteiger partial charge in [-0.15, -0.1) is 0 Å². The lowest BCUT2D eigenvalue weighted by molar-refractivity contribution is 0.324. The molecule has 1 nitrogen and oxygen atoms in total. The van der Waals surface area contributed by atoms with Gasteiger partial charge in [-0.3, -0.25) is 0 Å². The Morgan fingerprint density at radius 1 is 0.857 bits per heavy atom. The number of fused-ring (bicyclic) bond motifs is 6. The van der Waals surface area contributed by atoms with Crippen molar-refractivity contribution < 1.29 is 0 Å². The van der Waals surface area contributed by atoms with E-state index in [2.05, 4.69) is 123 Å². The molecule has 0 fully saturated rings. The Morgan fingerprint density at radius 3 is 2.29 bits per heavy atom. The molecule has 6 rings (SSSR count). The van der Waals surface area contributed by atoms with E-state index in [0.717, 1.165) is 25.0 Å². The minimum atomic E-state index is 0.319. The third-order valence-corrected chi connectivity index (χ3v) is 7.75. The highest BCUT2D eigenvalue weighted by Crippen LogP contribution is 2.40. The van der Waals surface area contributed by atoms with Gasteiger partial charge in [-0.2, -0.15) is 0 Å². The van der Waals surface area contributed by atoms with Gasteiger partial charge in [0.15, 0.2) is 0 Å². The molecule has 1 unspecified atom stereocenters. The van der Waals surface area contributed by atoms with Crippen molar-refractivity contribution in [3.63, 3.8) is 0 Å². The van der Waals surface area contributed by atoms with Gasteiger partial charge in [0.25, 0.3) is 0 Å². The Balaban J connectivity index is 1.32. The molecular weight excluding hydrogens is 422 g/mol. The van der Waals surface area contributed by atoms with Gasteiger partial charge in [0.1, 0.15) is 0 Å². The summed E-state index contributed by atoms with van der Waals surface area (Å²) >= 11 is 0. The van der Waals surface area contributed by atoms with E-state index in [4.69, 9.17) is 0 Å². The third kappa shape index (κ3) is 3.82. The largest absolute Gasteiger partial charge is 0.367 e. The van der Waals surface area contributed by atoms with Gasteiger partial charge < -0.3 is 4.90 Å². The Morgan fingerprint density at radius 2 is 1.57 bits per heavy atom. The van der Waals surface area contributed by atoms with Crippen LogP contribution in [-0.4, -0.2) is 11.4 Å². The number of rotatable bonds is 4. The molecule has 0 saturated heterocycles. The third-order valence-electron chi connectivity index (χ3n) is 7.75. The predicted octanol–water partition coefficient (Wildman–Crippen LogP) is 8.87. The molecule has 172 valence electrons. The van der Waals surface area contributed by atoms with E-state index in [0.29, 0.717) is 6.04 Å². The van der Waals surface area contributed by atoms with Crippen LogP contribution in [0.5, 0.6) is 0 Å². The first-order chi connectivity index (χ1) is 17.1. The van der Waals surface area contributed by atoms with Crippen LogP contribution in [0.1, 0.15) is 48.6 Å². The molecule has 0 saturated carbocycles. The average molecular weight is 454 g/mol. The molecule has 0 bridgehead atoms. The Bertz CT molecular complexity index is 1560. The van der Waals surface area contributed by atoms with Crippen molar-refractivity contribution in [2.45, 2.75) is 32.7 Å². The number of nitrogens with zero attached hydrogens (tertiary/aromatic N) is 1. The van der Waals surface area contributed by atoms with Crippen molar-refractivity contribution in [1.82, 2.24) is 4.90 Å². The van der Waals surface area contributed by atoms with Gasteiger partial charge >= 0.3 is 0 Å². The van der Waals surface area contributed by atoms with E-state index in [-0.39, 0.29) is 0 Å². The van der Waals surface area contributed by atoms with Crippen LogP contribution in [0.4, 0.5) is 0 Å². The molecular formula is C34H31N. The molecule has 0 N–H and O–H groups in total. The second-order valence-corrected chi connectivity index (χ2v) is 9.91. The zero-order chi connectivity index (χ0) is 23.9. The van der Waals surface area contributed by atoms with E-state index in [1.54, 1.807) is 0 Å². The summed E-state index contributed by atoms with van der Waals surface area (Å²) < 4.78 is 0. The molecule has 1 heteroatoms. The lowest BCUT2D eigenvalue weighted by Crippen LogP contribution is -2.24. The van der Waals surface area contributed by atoms with Crippen LogP contribution >= 0.6 is 0 Å². The van der Waals surface area contributed by atoms with E-state index in [9.17, 15) is 0 Å². The van der Waals surface area contributed by atoms with E-state index >= 15 is 0 Å². The predicted molar refractivity (Wildman–Crippen MR) is 151 cm³/mol. The maximum atomic E-state index is 4.11. The van der Waals surface area contributed by atoms with Crippen molar-refractivity contribution in [2.75, 3.05) is 6.54 Å². The van der Waals surface area contributed by atoms with Crippen LogP contribution in [0.25, 0.3) is 33.2 Å². The molecule has 0 aromatic heterocycles. The summed E-state index contributed by atoms with van der Waals surface area (Å²) in [5, 5.41) is 5.49. The van der Waals surface area contributed by atoms with E-state index < -0.39 is 0 Å². The first kappa shape index (κ1) is 21.7. The Hall–Kier alpha value is -3.84. The minimum Gasteiger partial charge on any atom is -0.367 e. The van der Waals surface area contributed by atoms with Gasteiger partial charge in [-0.05, 0) is 93.8 Å². The summed E-state index contributed by atoms with van der Waals surface area (Å²) in [4.78, 5) is 2.42. The number of hydrogen-bond acceptors (Lipinski definition) is 1. The topological polar surface area (TPSA) is 3.24 Å². The van der Waals surface area contributed by atoms with Crippen LogP contribution in [0.15, 0.2) is 109 Å². The van der Waals surface area contributed by atoms with E-state index in [1.807, 2.05) is 0 Å². The van der Waals surface area contributed by atoms with Gasteiger partial charge in [0.2, 0.25) is 0 Å². The molecule has 0 radical (unpaired) electrons. The maximum absolute atomic E-state index is 4.11. The molecule has 0 amide bonds. The van der Waals surface area contributed by atoms with Crippen molar-refractivity contribution in [3.8, 4) is 0 Å². The second kappa shape index (κ2) is 8.74. The van der Waals surface area contributed by atoms with Crippen molar-refractivity contribution >= 4 is 33.2 Å². The standard InChI is InChI=1S/C34H31N/c1-23(2)26-9-8-10-27(21-26)24(3)35-19-17-25(18-20-35)28-15-16-33-31-13-5-4-11-29(31)30-12-6-7-14-32(30)34(33)22-28/h4-14,17-19,21-22,24H,1,15-16,20H2,2-3H3. The second-order valence-electron chi connectivity index (χ2n) is 9.91. The summed E-state index contributed by atoms with van der Waals surface area (Å²) in [6, 6.07) is 26.9. The molecule has 2 aliphatic rings. The van der Waals surface area contributed by atoms with Gasteiger partial charge in [-0.1, -0.05) is 91.0 Å². The number of hydrogen-bond donors (Lipinski definition) is 0. The fraction of sp³-hybridized carbons (Fsp3) is 0.176. The molecule has 35 heavy (non-hydrogen) atoms. The monoisotopic (exact) mass is 453 g/mol. The molecule has 4 aromatic rings. The fourth-order valence-electron chi connectivity index (χ4n) is 5.70. The van der Waals surface area contributed by atoms with Crippen molar-refractivity contribution in [1.29, 1.82) is 0 Å². The quantitative estimate of drug-likeness (QED) is 0.279. The molecule has 4 aromatic carbocycles. The zero-order valence-corrected chi connectivity index (χ0v) is 20.6. The summed E-state index contributed by atoms with van der Waals surface area (Å²) in [5.74, 6) is 0. The molecule has 1 atom stereocenters. The van der Waals surface area contributed by atoms with Gasteiger partial charge in [-0.25, -0.2) is 0 Å². The van der Waals surface area contributed by atoms with Crippen LogP contribution in [0.2, 0.25) is 0 Å². The number of allylic oxidation sites excluding steroid dienone is 4. The normalized spacial score (nSPS) is 16.1. The molecule has 1 heterocycles. The summed E-state index contributed by atoms with van der Waals surface area (Å²) in [7, 11) is 0. The van der Waals surface area contributed by atoms with Crippen LogP contribution in [-0.2, 0) is 6.42 Å². The van der Waals surface area contributed by atoms with E-state index in [1.165, 1.54) is 54.9 Å². The van der Waals surface area contributed by atoms with Crippen molar-refractivity contribution in [3.05, 3.63) is 131 Å². The lowest BCUT2D eigenvalue weighted by Gasteiger charge is -2.31. The number of benzene rings is 4. The zero-order valence-electron chi connectivity index (χ0n) is 20.6. The summed E-state index contributed by atoms with van der Waals surface area (Å²) in [5.41, 5.74) is 9.38. The van der Waals surface area contributed by atoms with Crippen LogP contribution in [0, 0.1) is 0 Å². The Kier molecular flexibility index (Phi) is 5.41. The average Bonchev–Trinajstić information content (AvgIpc) is 2.92. The molecule has 1 aliphatic heterocycles. The summed E-state index contributed by atoms with van der Waals surface area (Å²) in [6.45, 7) is 9.39. The minimum absolute atomic E-state index is 0.319. The SMILES string of the molecule is C=C(C)c1cccc(C(C)N2C=CC(C3=Cc4c(c5ccccc5c5ccccc45)CC3)=CC2)c1. The molecule has 0 spiro atoms. The molecule has 1 aliphatic carbocycles. The van der Waals surface area contributed by atoms with Gasteiger partial charge in [0.05, 0.1) is 6.04 Å². The fourth-order valence-corrected chi connectivity index (χ4v) is 5.70. The number of aryl methyl sites for hydroxylation is 1. The lowest BCUT2D eigenvalue weighted by atomic mass is 9.82. The summed E-state index contributed by atoms with van der Waals surface area (Å²) in [6.07, 6.45) is 11.6. The Labute approximate surface area is 208 Å². The van der Waals surface area contributed by atoms with Crippen LogP contribution in [0.3, 0.4) is 0 Å². The highest BCUT2D eigenvalue weighted by atomic mass is 15.1. The smallest absolute Gasteiger partial charge is 0.0512 e. The first-order valence-corrected chi connectivity index (χ1v) is 12.6. The highest BCUT2D eigenvalue weighted by Gasteiger charge is 2.20. The highest BCUT2D eigenvalue weighted by molar-refractivity contribution is 6.13.